The number of carbonyl (C=O) groups excluding carboxylic acids is 2. The molecule has 0 aliphatic carbocycles. The van der Waals surface area contributed by atoms with Crippen molar-refractivity contribution in [1.29, 1.82) is 0 Å². The molecule has 2 atom stereocenters. The largest absolute Gasteiger partial charge is 0.472 e. The highest BCUT2D eigenvalue weighted by Crippen LogP contribution is 2.43. The van der Waals surface area contributed by atoms with Crippen LogP contribution < -0.4 is 5.73 Å². The summed E-state index contributed by atoms with van der Waals surface area (Å²) in [5.74, 6) is -0.857. The summed E-state index contributed by atoms with van der Waals surface area (Å²) in [6, 6.07) is 0. The predicted molar refractivity (Wildman–Crippen MR) is 302 cm³/mol. The number of ether oxygens (including phenoxy) is 2. The molecule has 404 valence electrons. The van der Waals surface area contributed by atoms with Gasteiger partial charge in [0, 0.05) is 19.4 Å². The molecule has 0 aromatic heterocycles. The zero-order chi connectivity index (χ0) is 51.7. The summed E-state index contributed by atoms with van der Waals surface area (Å²) in [6.07, 6.45) is 76.7. The third-order valence-electron chi connectivity index (χ3n) is 11.3. The average molecular weight is 1010 g/mol. The lowest BCUT2D eigenvalue weighted by molar-refractivity contribution is -0.161. The summed E-state index contributed by atoms with van der Waals surface area (Å²) in [6.45, 7) is 3.57. The van der Waals surface area contributed by atoms with Crippen LogP contribution in [-0.2, 0) is 32.7 Å². The molecule has 0 aliphatic rings. The smallest absolute Gasteiger partial charge is 0.462 e. The number of allylic oxidation sites excluding steroid dienone is 20. The Hall–Kier alpha value is -3.59. The third-order valence-corrected chi connectivity index (χ3v) is 12.3. The monoisotopic (exact) mass is 1010 g/mol. The van der Waals surface area contributed by atoms with Gasteiger partial charge in [0.2, 0.25) is 0 Å². The fourth-order valence-electron chi connectivity index (χ4n) is 7.21. The highest BCUT2D eigenvalue weighted by atomic mass is 31.2. The topological polar surface area (TPSA) is 134 Å². The van der Waals surface area contributed by atoms with Crippen LogP contribution in [0.25, 0.3) is 0 Å². The Morgan fingerprint density at radius 2 is 0.775 bits per heavy atom. The highest BCUT2D eigenvalue weighted by Gasteiger charge is 2.26. The van der Waals surface area contributed by atoms with Crippen molar-refractivity contribution in [3.05, 3.63) is 122 Å². The van der Waals surface area contributed by atoms with Crippen molar-refractivity contribution in [3.8, 4) is 0 Å². The number of phosphoric ester groups is 1. The maximum Gasteiger partial charge on any atom is 0.472 e. The number of esters is 2. The summed E-state index contributed by atoms with van der Waals surface area (Å²) in [5.41, 5.74) is 5.37. The number of hydrogen-bond donors (Lipinski definition) is 2. The molecular weight excluding hydrogens is 906 g/mol. The van der Waals surface area contributed by atoms with Crippen molar-refractivity contribution in [2.24, 2.45) is 5.73 Å². The van der Waals surface area contributed by atoms with E-state index in [-0.39, 0.29) is 32.6 Å². The lowest BCUT2D eigenvalue weighted by atomic mass is 10.1. The molecule has 0 rings (SSSR count). The second-order valence-electron chi connectivity index (χ2n) is 18.1. The fraction of sp³-hybridized carbons (Fsp3) is 0.639. The van der Waals surface area contributed by atoms with Gasteiger partial charge in [0.15, 0.2) is 6.10 Å². The number of hydrogen-bond acceptors (Lipinski definition) is 8. The van der Waals surface area contributed by atoms with E-state index in [2.05, 4.69) is 135 Å². The van der Waals surface area contributed by atoms with Gasteiger partial charge in [-0.3, -0.25) is 18.6 Å². The van der Waals surface area contributed by atoms with Crippen LogP contribution in [0.1, 0.15) is 219 Å². The van der Waals surface area contributed by atoms with Crippen molar-refractivity contribution in [1.82, 2.24) is 0 Å². The first kappa shape index (κ1) is 67.4. The van der Waals surface area contributed by atoms with E-state index in [1.165, 1.54) is 57.8 Å². The van der Waals surface area contributed by atoms with Gasteiger partial charge in [-0.15, -0.1) is 0 Å². The van der Waals surface area contributed by atoms with Crippen molar-refractivity contribution in [2.75, 3.05) is 26.4 Å². The Balaban J connectivity index is 4.09. The molecule has 0 heterocycles. The molecule has 0 aromatic carbocycles. The zero-order valence-corrected chi connectivity index (χ0v) is 45.8. The van der Waals surface area contributed by atoms with Crippen LogP contribution in [0.4, 0.5) is 0 Å². The maximum atomic E-state index is 12.7. The SMILES string of the molecule is CC/C=C\C/C=C\C/C=C\C/C=C\C/C=C\C/C=C\C/C=C\C/C=C\CCCCCCCCC(=O)OC(COC(=O)CCCCCCCCCCC/C=C\C/C=C\CCCCC)COP(=O)(O)OCCN. The zero-order valence-electron chi connectivity index (χ0n) is 44.9. The number of carbonyl (C=O) groups is 2. The summed E-state index contributed by atoms with van der Waals surface area (Å²) in [4.78, 5) is 35.1. The molecule has 0 saturated heterocycles. The minimum atomic E-state index is -4.40. The van der Waals surface area contributed by atoms with E-state index in [0.717, 1.165) is 128 Å². The van der Waals surface area contributed by atoms with Gasteiger partial charge >= 0.3 is 19.8 Å². The molecule has 9 nitrogen and oxygen atoms in total. The number of phosphoric acid groups is 1. The van der Waals surface area contributed by atoms with Gasteiger partial charge in [0.05, 0.1) is 13.2 Å². The first-order valence-corrected chi connectivity index (χ1v) is 29.5. The Morgan fingerprint density at radius 3 is 1.15 bits per heavy atom. The first-order valence-electron chi connectivity index (χ1n) is 28.0. The lowest BCUT2D eigenvalue weighted by Crippen LogP contribution is -2.29. The standard InChI is InChI=1S/C61H102NO8P/c1-3-5-7-9-11-13-15-17-19-21-23-24-25-26-27-28-29-30-31-32-33-34-36-38-40-42-44-46-48-50-52-54-61(64)70-59(58-69-71(65,66)68-56-55-62)57-67-60(63)53-51-49-47-45-43-41-39-37-35-22-20-18-16-14-12-10-8-6-4-2/h5,7,11-14,17-20,23-24,26-27,29-30,32-33,36,38,59H,3-4,6,8-10,15-16,21-22,25,28,31,34-35,37,39-58,62H2,1-2H3,(H,65,66)/b7-5-,13-11-,14-12-,19-17-,20-18-,24-23-,27-26-,30-29-,33-32-,38-36-. The van der Waals surface area contributed by atoms with Crippen LogP contribution >= 0.6 is 7.82 Å². The first-order chi connectivity index (χ1) is 34.8. The molecule has 2 unspecified atom stereocenters. The van der Waals surface area contributed by atoms with Gasteiger partial charge in [-0.05, 0) is 109 Å². The van der Waals surface area contributed by atoms with E-state index in [1.807, 2.05) is 0 Å². The Labute approximate surface area is 434 Å². The van der Waals surface area contributed by atoms with Gasteiger partial charge in [0.25, 0.3) is 0 Å². The van der Waals surface area contributed by atoms with Gasteiger partial charge in [-0.2, -0.15) is 0 Å². The molecule has 0 spiro atoms. The Bertz CT molecular complexity index is 1570. The molecule has 0 saturated carbocycles. The minimum Gasteiger partial charge on any atom is -0.462 e. The highest BCUT2D eigenvalue weighted by molar-refractivity contribution is 7.47. The van der Waals surface area contributed by atoms with Crippen molar-refractivity contribution < 1.29 is 37.6 Å². The summed E-state index contributed by atoms with van der Waals surface area (Å²) in [7, 11) is -4.40. The lowest BCUT2D eigenvalue weighted by Gasteiger charge is -2.19. The molecule has 0 radical (unpaired) electrons. The van der Waals surface area contributed by atoms with E-state index in [4.69, 9.17) is 24.3 Å². The molecule has 0 fully saturated rings. The normalized spacial score (nSPS) is 14.0. The van der Waals surface area contributed by atoms with Crippen LogP contribution in [-0.4, -0.2) is 49.3 Å². The molecule has 0 bridgehead atoms. The molecule has 0 aromatic rings. The molecule has 3 N–H and O–H groups in total. The quantitative estimate of drug-likeness (QED) is 0.0264. The summed E-state index contributed by atoms with van der Waals surface area (Å²) < 4.78 is 33.0. The van der Waals surface area contributed by atoms with Crippen LogP contribution in [0.3, 0.4) is 0 Å². The van der Waals surface area contributed by atoms with E-state index in [9.17, 15) is 19.0 Å². The second-order valence-corrected chi connectivity index (χ2v) is 19.5. The maximum absolute atomic E-state index is 12.7. The van der Waals surface area contributed by atoms with Crippen LogP contribution in [0.15, 0.2) is 122 Å². The second kappa shape index (κ2) is 55.7. The molecular formula is C61H102NO8P. The summed E-state index contributed by atoms with van der Waals surface area (Å²) in [5, 5.41) is 0. The molecule has 0 amide bonds. The molecule has 10 heteroatoms. The van der Waals surface area contributed by atoms with Crippen molar-refractivity contribution >= 4 is 19.8 Å². The van der Waals surface area contributed by atoms with Gasteiger partial charge in [-0.25, -0.2) is 4.57 Å². The van der Waals surface area contributed by atoms with Gasteiger partial charge in [-0.1, -0.05) is 219 Å². The third kappa shape index (κ3) is 55.6. The number of nitrogens with two attached hydrogens (primary N) is 1. The Morgan fingerprint density at radius 1 is 0.437 bits per heavy atom. The Kier molecular flexibility index (Phi) is 52.9. The molecule has 0 aliphatic heterocycles. The molecule has 71 heavy (non-hydrogen) atoms. The summed E-state index contributed by atoms with van der Waals surface area (Å²) >= 11 is 0. The predicted octanol–water partition coefficient (Wildman–Crippen LogP) is 17.6. The van der Waals surface area contributed by atoms with Gasteiger partial charge in [0.1, 0.15) is 6.61 Å². The van der Waals surface area contributed by atoms with Crippen LogP contribution in [0.2, 0.25) is 0 Å². The van der Waals surface area contributed by atoms with E-state index >= 15 is 0 Å². The minimum absolute atomic E-state index is 0.0437. The average Bonchev–Trinajstić information content (AvgIpc) is 3.36. The van der Waals surface area contributed by atoms with Crippen LogP contribution in [0.5, 0.6) is 0 Å². The van der Waals surface area contributed by atoms with Crippen LogP contribution in [0, 0.1) is 0 Å². The number of unbranched alkanes of at least 4 members (excludes halogenated alkanes) is 18. The fourth-order valence-corrected chi connectivity index (χ4v) is 7.98. The van der Waals surface area contributed by atoms with Gasteiger partial charge < -0.3 is 20.1 Å². The van der Waals surface area contributed by atoms with E-state index in [1.54, 1.807) is 0 Å². The van der Waals surface area contributed by atoms with Crippen molar-refractivity contribution in [3.63, 3.8) is 0 Å². The van der Waals surface area contributed by atoms with E-state index < -0.39 is 32.5 Å². The number of rotatable bonds is 51. The van der Waals surface area contributed by atoms with E-state index in [0.29, 0.717) is 6.42 Å². The van der Waals surface area contributed by atoms with Crippen molar-refractivity contribution in [2.45, 2.75) is 225 Å².